The summed E-state index contributed by atoms with van der Waals surface area (Å²) in [4.78, 5) is 3.68. The van der Waals surface area contributed by atoms with E-state index in [0.717, 1.165) is 12.8 Å². The maximum Gasteiger partial charge on any atom is 0.129 e. The van der Waals surface area contributed by atoms with Gasteiger partial charge in [-0.25, -0.2) is 0 Å². The predicted octanol–water partition coefficient (Wildman–Crippen LogP) is 9.29. The summed E-state index contributed by atoms with van der Waals surface area (Å²) in [5.74, 6) is 10.5. The Kier molecular flexibility index (Phi) is 12.0. The Labute approximate surface area is 213 Å². The molecule has 0 atom stereocenters. The van der Waals surface area contributed by atoms with Crippen LogP contribution in [-0.2, 0) is 12.8 Å². The summed E-state index contributed by atoms with van der Waals surface area (Å²) >= 11 is 6.07. The second-order valence-electron chi connectivity index (χ2n) is 9.24. The fourth-order valence-electron chi connectivity index (χ4n) is 3.32. The van der Waals surface area contributed by atoms with Gasteiger partial charge in [-0.05, 0) is 83.4 Å². The molecule has 0 nitrogen and oxygen atoms in total. The summed E-state index contributed by atoms with van der Waals surface area (Å²) in [5.41, 5.74) is 6.42. The van der Waals surface area contributed by atoms with Crippen LogP contribution < -0.4 is 0 Å². The van der Waals surface area contributed by atoms with Crippen LogP contribution in [0.25, 0.3) is 0 Å². The van der Waals surface area contributed by atoms with Gasteiger partial charge >= 0.3 is 0 Å². The van der Waals surface area contributed by atoms with Crippen molar-refractivity contribution in [1.29, 1.82) is 0 Å². The minimum atomic E-state index is -1.38. The molecule has 0 spiro atoms. The normalized spacial score (nSPS) is 11.0. The standard InChI is InChI=1S/C27H37IS2Si/c1-6-8-10-12-14-22-20-24(29-26(22)18-19-31(3,4)5)16-17-25-23(21-27(28)30-25)15-13-11-9-7-2/h20-21H,6-15H2,1-5H3. The highest BCUT2D eigenvalue weighted by molar-refractivity contribution is 14.1. The number of hydrogen-bond donors (Lipinski definition) is 0. The molecular weight excluding hydrogens is 543 g/mol. The molecular formula is C27H37IS2Si. The van der Waals surface area contributed by atoms with Crippen LogP contribution in [0.4, 0.5) is 0 Å². The predicted molar refractivity (Wildman–Crippen MR) is 153 cm³/mol. The third kappa shape index (κ3) is 10.3. The Morgan fingerprint density at radius 2 is 1.32 bits per heavy atom. The lowest BCUT2D eigenvalue weighted by Gasteiger charge is -2.03. The van der Waals surface area contributed by atoms with Crippen LogP contribution in [-0.4, -0.2) is 8.07 Å². The van der Waals surface area contributed by atoms with E-state index in [0.29, 0.717) is 0 Å². The highest BCUT2D eigenvalue weighted by Crippen LogP contribution is 2.27. The molecule has 2 aromatic rings. The van der Waals surface area contributed by atoms with Gasteiger partial charge in [-0.2, -0.15) is 0 Å². The van der Waals surface area contributed by atoms with Crippen LogP contribution in [0, 0.1) is 26.2 Å². The topological polar surface area (TPSA) is 0 Å². The van der Waals surface area contributed by atoms with Crippen LogP contribution >= 0.6 is 45.3 Å². The van der Waals surface area contributed by atoms with Crippen molar-refractivity contribution in [3.05, 3.63) is 40.8 Å². The van der Waals surface area contributed by atoms with Crippen molar-refractivity contribution >= 4 is 53.3 Å². The van der Waals surface area contributed by atoms with Crippen LogP contribution in [0.5, 0.6) is 0 Å². The lowest BCUT2D eigenvalue weighted by atomic mass is 10.1. The van der Waals surface area contributed by atoms with Crippen molar-refractivity contribution in [1.82, 2.24) is 0 Å². The Hall–Kier alpha value is -0.533. The van der Waals surface area contributed by atoms with E-state index in [1.54, 1.807) is 11.3 Å². The van der Waals surface area contributed by atoms with E-state index in [1.165, 1.54) is 80.0 Å². The smallest absolute Gasteiger partial charge is 0.126 e. The van der Waals surface area contributed by atoms with Gasteiger partial charge in [0.15, 0.2) is 0 Å². The summed E-state index contributed by atoms with van der Waals surface area (Å²) in [6.07, 6.45) is 12.7. The molecule has 0 aliphatic carbocycles. The molecule has 0 amide bonds. The molecule has 2 rings (SSSR count). The van der Waals surface area contributed by atoms with Crippen molar-refractivity contribution in [2.24, 2.45) is 0 Å². The van der Waals surface area contributed by atoms with Gasteiger partial charge in [-0.15, -0.1) is 28.2 Å². The summed E-state index contributed by atoms with van der Waals surface area (Å²) in [6, 6.07) is 4.65. The maximum atomic E-state index is 3.57. The van der Waals surface area contributed by atoms with E-state index in [9.17, 15) is 0 Å². The fraction of sp³-hybridized carbons (Fsp3) is 0.556. The molecule has 0 N–H and O–H groups in total. The van der Waals surface area contributed by atoms with Crippen molar-refractivity contribution in [2.75, 3.05) is 0 Å². The molecule has 0 radical (unpaired) electrons. The van der Waals surface area contributed by atoms with Crippen molar-refractivity contribution in [3.8, 4) is 23.3 Å². The van der Waals surface area contributed by atoms with Gasteiger partial charge in [0.2, 0.25) is 0 Å². The molecule has 2 aromatic heterocycles. The first kappa shape index (κ1) is 26.7. The second kappa shape index (κ2) is 13.9. The molecule has 0 unspecified atom stereocenters. The van der Waals surface area contributed by atoms with Gasteiger partial charge in [0.25, 0.3) is 0 Å². The monoisotopic (exact) mass is 580 g/mol. The second-order valence-corrected chi connectivity index (χ2v) is 18.0. The van der Waals surface area contributed by atoms with Gasteiger partial charge in [0, 0.05) is 0 Å². The molecule has 0 bridgehead atoms. The lowest BCUT2D eigenvalue weighted by molar-refractivity contribution is 0.667. The van der Waals surface area contributed by atoms with Crippen LogP contribution in [0.1, 0.15) is 91.0 Å². The number of thiophene rings is 2. The molecule has 31 heavy (non-hydrogen) atoms. The van der Waals surface area contributed by atoms with E-state index < -0.39 is 8.07 Å². The summed E-state index contributed by atoms with van der Waals surface area (Å²) in [7, 11) is -1.38. The number of aryl methyl sites for hydroxylation is 2. The Morgan fingerprint density at radius 3 is 1.90 bits per heavy atom. The molecule has 0 aliphatic heterocycles. The zero-order chi connectivity index (χ0) is 22.7. The highest BCUT2D eigenvalue weighted by atomic mass is 127. The first-order valence-electron chi connectivity index (χ1n) is 11.8. The van der Waals surface area contributed by atoms with Gasteiger partial charge in [0.1, 0.15) is 8.07 Å². The average molecular weight is 581 g/mol. The average Bonchev–Trinajstić information content (AvgIpc) is 3.27. The summed E-state index contributed by atoms with van der Waals surface area (Å²) < 4.78 is 1.34. The molecule has 0 saturated heterocycles. The molecule has 168 valence electrons. The summed E-state index contributed by atoms with van der Waals surface area (Å²) in [5, 5.41) is 0. The minimum Gasteiger partial charge on any atom is -0.126 e. The van der Waals surface area contributed by atoms with Gasteiger partial charge in [0.05, 0.1) is 17.5 Å². The Bertz CT molecular complexity index is 938. The number of hydrogen-bond acceptors (Lipinski definition) is 2. The molecule has 0 aromatic carbocycles. The maximum absolute atomic E-state index is 3.57. The fourth-order valence-corrected chi connectivity index (χ4v) is 6.65. The van der Waals surface area contributed by atoms with E-state index in [4.69, 9.17) is 0 Å². The molecule has 0 saturated carbocycles. The van der Waals surface area contributed by atoms with Crippen LogP contribution in [0.3, 0.4) is 0 Å². The van der Waals surface area contributed by atoms with Gasteiger partial charge in [-0.3, -0.25) is 0 Å². The van der Waals surface area contributed by atoms with E-state index >= 15 is 0 Å². The molecule has 2 heterocycles. The molecule has 4 heteroatoms. The highest BCUT2D eigenvalue weighted by Gasteiger charge is 2.11. The van der Waals surface area contributed by atoms with E-state index in [2.05, 4.69) is 91.5 Å². The third-order valence-electron chi connectivity index (χ3n) is 5.04. The quantitative estimate of drug-likeness (QED) is 0.114. The van der Waals surface area contributed by atoms with Crippen LogP contribution in [0.2, 0.25) is 19.6 Å². The first-order valence-corrected chi connectivity index (χ1v) is 18.0. The largest absolute Gasteiger partial charge is 0.129 e. The SMILES string of the molecule is CCCCCCc1cc(I)sc1C#Cc1cc(CCCCCC)c(C#C[Si](C)(C)C)s1. The third-order valence-corrected chi connectivity index (χ3v) is 8.77. The Morgan fingerprint density at radius 1 is 0.742 bits per heavy atom. The summed E-state index contributed by atoms with van der Waals surface area (Å²) in [6.45, 7) is 11.5. The van der Waals surface area contributed by atoms with Gasteiger partial charge in [-0.1, -0.05) is 77.9 Å². The van der Waals surface area contributed by atoms with Crippen molar-refractivity contribution in [3.63, 3.8) is 0 Å². The van der Waals surface area contributed by atoms with E-state index in [1.807, 2.05) is 11.3 Å². The first-order chi connectivity index (χ1) is 14.8. The minimum absolute atomic E-state index is 1.13. The van der Waals surface area contributed by atoms with Gasteiger partial charge < -0.3 is 0 Å². The zero-order valence-corrected chi connectivity index (χ0v) is 24.7. The Balaban J connectivity index is 2.20. The van der Waals surface area contributed by atoms with Crippen molar-refractivity contribution in [2.45, 2.75) is 97.7 Å². The number of unbranched alkanes of at least 4 members (excludes halogenated alkanes) is 6. The number of halogens is 1. The molecule has 0 aliphatic rings. The lowest BCUT2D eigenvalue weighted by Crippen LogP contribution is -2.16. The van der Waals surface area contributed by atoms with E-state index in [-0.39, 0.29) is 0 Å². The van der Waals surface area contributed by atoms with Crippen molar-refractivity contribution < 1.29 is 0 Å². The van der Waals surface area contributed by atoms with Crippen LogP contribution in [0.15, 0.2) is 12.1 Å². The number of rotatable bonds is 10. The molecule has 0 fully saturated rings. The zero-order valence-electron chi connectivity index (χ0n) is 19.9.